The van der Waals surface area contributed by atoms with E-state index in [1.165, 1.54) is 0 Å². The fourth-order valence-corrected chi connectivity index (χ4v) is 2.42. The molecule has 0 aliphatic carbocycles. The topological polar surface area (TPSA) is 66.9 Å². The maximum Gasteiger partial charge on any atom is 0.228 e. The number of carbonyl (C=O) groups is 1. The van der Waals surface area contributed by atoms with Crippen molar-refractivity contribution in [3.8, 4) is 0 Å². The molecule has 0 fully saturated rings. The van der Waals surface area contributed by atoms with Crippen LogP contribution in [-0.2, 0) is 11.2 Å². The molecule has 2 aromatic rings. The van der Waals surface area contributed by atoms with Gasteiger partial charge in [0, 0.05) is 18.1 Å². The first-order chi connectivity index (χ1) is 9.63. The minimum atomic E-state index is -0.0238. The molecule has 2 heterocycles. The third-order valence-corrected chi connectivity index (χ3v) is 3.53. The number of nitrogens with one attached hydrogen (secondary N) is 2. The van der Waals surface area contributed by atoms with E-state index in [9.17, 15) is 4.79 Å². The van der Waals surface area contributed by atoms with E-state index in [0.29, 0.717) is 11.4 Å². The lowest BCUT2D eigenvalue weighted by Crippen LogP contribution is -2.09. The van der Waals surface area contributed by atoms with Crippen LogP contribution in [0.5, 0.6) is 0 Å². The van der Waals surface area contributed by atoms with Gasteiger partial charge in [-0.2, -0.15) is 0 Å². The van der Waals surface area contributed by atoms with Gasteiger partial charge in [-0.25, -0.2) is 0 Å². The number of nitrogens with zero attached hydrogens (tertiary/aromatic N) is 2. The van der Waals surface area contributed by atoms with Crippen molar-refractivity contribution in [2.24, 2.45) is 0 Å². The summed E-state index contributed by atoms with van der Waals surface area (Å²) in [4.78, 5) is 19.7. The van der Waals surface area contributed by atoms with Gasteiger partial charge in [-0.15, -0.1) is 0 Å². The molecular formula is C14H13ClN4O. The lowest BCUT2D eigenvalue weighted by atomic mass is 10.1. The minimum Gasteiger partial charge on any atom is -0.376 e. The van der Waals surface area contributed by atoms with Crippen LogP contribution in [0.1, 0.15) is 24.2 Å². The number of amides is 1. The van der Waals surface area contributed by atoms with Crippen LogP contribution in [0.15, 0.2) is 30.7 Å². The van der Waals surface area contributed by atoms with Gasteiger partial charge in [-0.3, -0.25) is 14.8 Å². The van der Waals surface area contributed by atoms with Gasteiger partial charge in [0.2, 0.25) is 5.91 Å². The van der Waals surface area contributed by atoms with E-state index in [1.807, 2.05) is 13.0 Å². The number of carbonyl (C=O) groups excluding carboxylic acids is 1. The van der Waals surface area contributed by atoms with Crippen molar-refractivity contribution in [2.75, 3.05) is 10.6 Å². The highest BCUT2D eigenvalue weighted by Crippen LogP contribution is 2.34. The fraction of sp³-hybridized carbons (Fsp3) is 0.214. The summed E-state index contributed by atoms with van der Waals surface area (Å²) in [5.41, 5.74) is 3.37. The van der Waals surface area contributed by atoms with Crippen LogP contribution >= 0.6 is 11.6 Å². The molecule has 1 amide bonds. The second-order valence-corrected chi connectivity index (χ2v) is 5.12. The number of halogens is 1. The summed E-state index contributed by atoms with van der Waals surface area (Å²) in [5, 5.41) is 6.65. The van der Waals surface area contributed by atoms with Gasteiger partial charge >= 0.3 is 0 Å². The third kappa shape index (κ3) is 2.44. The Balaban J connectivity index is 1.85. The molecule has 2 N–H and O–H groups in total. The Morgan fingerprint density at radius 2 is 2.25 bits per heavy atom. The Bertz CT molecular complexity index is 660. The van der Waals surface area contributed by atoms with Gasteiger partial charge in [0.25, 0.3) is 0 Å². The third-order valence-electron chi connectivity index (χ3n) is 3.22. The van der Waals surface area contributed by atoms with Crippen LogP contribution in [0.2, 0.25) is 5.02 Å². The lowest BCUT2D eigenvalue weighted by molar-refractivity contribution is -0.115. The van der Waals surface area contributed by atoms with Crippen LogP contribution in [0.3, 0.4) is 0 Å². The van der Waals surface area contributed by atoms with Crippen molar-refractivity contribution in [3.63, 3.8) is 0 Å². The molecule has 0 saturated heterocycles. The van der Waals surface area contributed by atoms with E-state index in [-0.39, 0.29) is 11.9 Å². The number of fused-ring (bicyclic) bond motifs is 1. The molecule has 0 bridgehead atoms. The molecule has 6 heteroatoms. The van der Waals surface area contributed by atoms with Crippen LogP contribution in [0, 0.1) is 0 Å². The molecular weight excluding hydrogens is 276 g/mol. The second kappa shape index (κ2) is 5.09. The number of aromatic nitrogens is 2. The lowest BCUT2D eigenvalue weighted by Gasteiger charge is -2.16. The Kier molecular flexibility index (Phi) is 3.28. The average Bonchev–Trinajstić information content (AvgIpc) is 2.79. The maximum atomic E-state index is 11.4. The van der Waals surface area contributed by atoms with E-state index in [0.717, 1.165) is 22.6 Å². The summed E-state index contributed by atoms with van der Waals surface area (Å²) in [6, 6.07) is 3.65. The summed E-state index contributed by atoms with van der Waals surface area (Å²) in [6.45, 7) is 1.98. The molecule has 1 aliphatic heterocycles. The van der Waals surface area contributed by atoms with Crippen molar-refractivity contribution in [2.45, 2.75) is 19.4 Å². The molecule has 1 aromatic carbocycles. The molecule has 3 rings (SSSR count). The smallest absolute Gasteiger partial charge is 0.228 e. The van der Waals surface area contributed by atoms with Gasteiger partial charge in [0.1, 0.15) is 0 Å². The monoisotopic (exact) mass is 288 g/mol. The first-order valence-corrected chi connectivity index (χ1v) is 6.66. The molecule has 102 valence electrons. The van der Waals surface area contributed by atoms with E-state index < -0.39 is 0 Å². The molecule has 1 aromatic heterocycles. The fourth-order valence-electron chi connectivity index (χ4n) is 2.20. The van der Waals surface area contributed by atoms with Crippen LogP contribution in [0.25, 0.3) is 0 Å². The zero-order chi connectivity index (χ0) is 14.1. The number of benzene rings is 1. The first-order valence-electron chi connectivity index (χ1n) is 6.28. The highest BCUT2D eigenvalue weighted by Gasteiger charge is 2.20. The van der Waals surface area contributed by atoms with Crippen molar-refractivity contribution in [3.05, 3.63) is 47.0 Å². The molecule has 1 unspecified atom stereocenters. The molecule has 1 aliphatic rings. The highest BCUT2D eigenvalue weighted by molar-refractivity contribution is 6.33. The SMILES string of the molecule is CC(Nc1cc2c(cc1Cl)NC(=O)C2)c1cnccn1. The van der Waals surface area contributed by atoms with Gasteiger partial charge in [0.05, 0.1) is 35.1 Å². The molecule has 0 spiro atoms. The van der Waals surface area contributed by atoms with E-state index >= 15 is 0 Å². The molecule has 0 saturated carbocycles. The van der Waals surface area contributed by atoms with Gasteiger partial charge in [-0.05, 0) is 24.6 Å². The van der Waals surface area contributed by atoms with Crippen molar-refractivity contribution >= 4 is 28.9 Å². The normalized spacial score (nSPS) is 14.6. The number of hydrogen-bond donors (Lipinski definition) is 2. The zero-order valence-electron chi connectivity index (χ0n) is 10.9. The van der Waals surface area contributed by atoms with Crippen LogP contribution in [-0.4, -0.2) is 15.9 Å². The first kappa shape index (κ1) is 12.9. The quantitative estimate of drug-likeness (QED) is 0.911. The van der Waals surface area contributed by atoms with Gasteiger partial charge in [-0.1, -0.05) is 11.6 Å². The average molecular weight is 289 g/mol. The Labute approximate surface area is 121 Å². The van der Waals surface area contributed by atoms with Crippen molar-refractivity contribution in [1.82, 2.24) is 9.97 Å². The van der Waals surface area contributed by atoms with E-state index in [4.69, 9.17) is 11.6 Å². The summed E-state index contributed by atoms with van der Waals surface area (Å²) >= 11 is 6.24. The maximum absolute atomic E-state index is 11.4. The zero-order valence-corrected chi connectivity index (χ0v) is 11.6. The number of rotatable bonds is 3. The van der Waals surface area contributed by atoms with E-state index in [1.54, 1.807) is 24.7 Å². The standard InChI is InChI=1S/C14H13ClN4O/c1-8(13-7-16-2-3-17-13)18-12-4-9-5-14(20)19-11(9)6-10(12)15/h2-4,6-8,18H,5H2,1H3,(H,19,20). The summed E-state index contributed by atoms with van der Waals surface area (Å²) in [6.07, 6.45) is 5.39. The Morgan fingerprint density at radius 3 is 3.00 bits per heavy atom. The molecule has 20 heavy (non-hydrogen) atoms. The predicted octanol–water partition coefficient (Wildman–Crippen LogP) is 2.80. The van der Waals surface area contributed by atoms with Crippen molar-refractivity contribution < 1.29 is 4.79 Å². The summed E-state index contributed by atoms with van der Waals surface area (Å²) in [5.74, 6) is -0.00445. The predicted molar refractivity (Wildman–Crippen MR) is 77.9 cm³/mol. The van der Waals surface area contributed by atoms with Crippen LogP contribution < -0.4 is 10.6 Å². The number of anilines is 2. The molecule has 0 radical (unpaired) electrons. The summed E-state index contributed by atoms with van der Waals surface area (Å²) in [7, 11) is 0. The Hall–Kier alpha value is -2.14. The van der Waals surface area contributed by atoms with Crippen LogP contribution in [0.4, 0.5) is 11.4 Å². The highest BCUT2D eigenvalue weighted by atomic mass is 35.5. The van der Waals surface area contributed by atoms with Gasteiger partial charge in [0.15, 0.2) is 0 Å². The Morgan fingerprint density at radius 1 is 1.40 bits per heavy atom. The minimum absolute atomic E-state index is 0.00445. The van der Waals surface area contributed by atoms with Gasteiger partial charge < -0.3 is 10.6 Å². The molecule has 5 nitrogen and oxygen atoms in total. The van der Waals surface area contributed by atoms with E-state index in [2.05, 4.69) is 20.6 Å². The summed E-state index contributed by atoms with van der Waals surface area (Å²) < 4.78 is 0. The van der Waals surface area contributed by atoms with Crippen molar-refractivity contribution in [1.29, 1.82) is 0 Å². The second-order valence-electron chi connectivity index (χ2n) is 4.71. The number of hydrogen-bond acceptors (Lipinski definition) is 4. The largest absolute Gasteiger partial charge is 0.376 e. The molecule has 1 atom stereocenters.